The largest absolute Gasteiger partial charge is 0.478 e. The van der Waals surface area contributed by atoms with Gasteiger partial charge in [0.2, 0.25) is 5.91 Å². The van der Waals surface area contributed by atoms with Gasteiger partial charge in [-0.1, -0.05) is 6.07 Å². The van der Waals surface area contributed by atoms with Gasteiger partial charge in [0.15, 0.2) is 0 Å². The Hall–Kier alpha value is -2.77. The number of aryl methyl sites for hydroxylation is 1. The van der Waals surface area contributed by atoms with Crippen LogP contribution in [-0.2, 0) is 11.2 Å². The van der Waals surface area contributed by atoms with Crippen molar-refractivity contribution in [3.8, 4) is 0 Å². The Morgan fingerprint density at radius 3 is 2.61 bits per heavy atom. The standard InChI is InChI=1S/C15H15F2N3O3/c1-8-12(9(2)20(19-8)15(16)17)7-13(21)18-11-5-3-4-10(6-11)14(22)23/h3-6,15H,7H2,1-2H3,(H,18,21)(H,22,23). The molecule has 0 radical (unpaired) electrons. The molecule has 0 aliphatic carbocycles. The lowest BCUT2D eigenvalue weighted by Gasteiger charge is -2.07. The molecule has 6 nitrogen and oxygen atoms in total. The fraction of sp³-hybridized carbons (Fsp3) is 0.267. The van der Waals surface area contributed by atoms with E-state index in [0.717, 1.165) is 0 Å². The highest BCUT2D eigenvalue weighted by molar-refractivity contribution is 5.95. The number of halogens is 2. The second kappa shape index (κ2) is 6.55. The van der Waals surface area contributed by atoms with Crippen molar-refractivity contribution >= 4 is 17.6 Å². The molecule has 2 N–H and O–H groups in total. The van der Waals surface area contributed by atoms with Crippen LogP contribution in [0.15, 0.2) is 24.3 Å². The van der Waals surface area contributed by atoms with Crippen LogP contribution in [0.2, 0.25) is 0 Å². The minimum atomic E-state index is -2.77. The molecule has 122 valence electrons. The smallest absolute Gasteiger partial charge is 0.335 e. The van der Waals surface area contributed by atoms with Gasteiger partial charge in [0.1, 0.15) is 0 Å². The fourth-order valence-electron chi connectivity index (χ4n) is 2.24. The Kier molecular flexibility index (Phi) is 4.73. The monoisotopic (exact) mass is 323 g/mol. The van der Waals surface area contributed by atoms with E-state index in [-0.39, 0.29) is 17.7 Å². The van der Waals surface area contributed by atoms with Crippen molar-refractivity contribution in [2.75, 3.05) is 5.32 Å². The van der Waals surface area contributed by atoms with E-state index in [1.807, 2.05) is 0 Å². The number of rotatable bonds is 5. The van der Waals surface area contributed by atoms with Crippen LogP contribution in [0.5, 0.6) is 0 Å². The summed E-state index contributed by atoms with van der Waals surface area (Å²) in [5.41, 5.74) is 1.38. The molecule has 1 aromatic heterocycles. The number of carbonyl (C=O) groups excluding carboxylic acids is 1. The van der Waals surface area contributed by atoms with E-state index in [1.165, 1.54) is 25.1 Å². The molecule has 2 aromatic rings. The molecule has 1 amide bonds. The fourth-order valence-corrected chi connectivity index (χ4v) is 2.24. The first-order valence-electron chi connectivity index (χ1n) is 6.75. The van der Waals surface area contributed by atoms with Gasteiger partial charge < -0.3 is 10.4 Å². The first kappa shape index (κ1) is 16.6. The van der Waals surface area contributed by atoms with Crippen LogP contribution in [0.25, 0.3) is 0 Å². The topological polar surface area (TPSA) is 84.2 Å². The highest BCUT2D eigenvalue weighted by Gasteiger charge is 2.19. The van der Waals surface area contributed by atoms with Gasteiger partial charge >= 0.3 is 12.5 Å². The van der Waals surface area contributed by atoms with E-state index in [4.69, 9.17) is 5.11 Å². The average molecular weight is 323 g/mol. The van der Waals surface area contributed by atoms with Crippen LogP contribution in [0, 0.1) is 13.8 Å². The Bertz CT molecular complexity index is 756. The van der Waals surface area contributed by atoms with Crippen molar-refractivity contribution in [2.24, 2.45) is 0 Å². The third kappa shape index (κ3) is 3.71. The lowest BCUT2D eigenvalue weighted by Crippen LogP contribution is -2.16. The van der Waals surface area contributed by atoms with Gasteiger partial charge in [0.25, 0.3) is 0 Å². The lowest BCUT2D eigenvalue weighted by atomic mass is 10.1. The summed E-state index contributed by atoms with van der Waals surface area (Å²) in [6.45, 7) is 0.261. The van der Waals surface area contributed by atoms with E-state index in [1.54, 1.807) is 13.0 Å². The third-order valence-corrected chi connectivity index (χ3v) is 3.39. The highest BCUT2D eigenvalue weighted by Crippen LogP contribution is 2.20. The number of carboxylic acids is 1. The van der Waals surface area contributed by atoms with Crippen molar-refractivity contribution in [1.29, 1.82) is 0 Å². The number of anilines is 1. The SMILES string of the molecule is Cc1nn(C(F)F)c(C)c1CC(=O)Nc1cccc(C(=O)O)c1. The van der Waals surface area contributed by atoms with Crippen molar-refractivity contribution in [3.63, 3.8) is 0 Å². The number of nitrogens with zero attached hydrogens (tertiary/aromatic N) is 2. The quantitative estimate of drug-likeness (QED) is 0.886. The van der Waals surface area contributed by atoms with Gasteiger partial charge in [-0.05, 0) is 32.0 Å². The lowest BCUT2D eigenvalue weighted by molar-refractivity contribution is -0.115. The van der Waals surface area contributed by atoms with Gasteiger partial charge in [0.05, 0.1) is 17.7 Å². The van der Waals surface area contributed by atoms with Crippen molar-refractivity contribution in [1.82, 2.24) is 9.78 Å². The highest BCUT2D eigenvalue weighted by atomic mass is 19.3. The van der Waals surface area contributed by atoms with E-state index in [2.05, 4.69) is 10.4 Å². The van der Waals surface area contributed by atoms with Crippen LogP contribution >= 0.6 is 0 Å². The molecule has 0 aliphatic rings. The van der Waals surface area contributed by atoms with E-state index >= 15 is 0 Å². The van der Waals surface area contributed by atoms with Crippen molar-refractivity contribution in [2.45, 2.75) is 26.8 Å². The number of carbonyl (C=O) groups is 2. The number of hydrogen-bond acceptors (Lipinski definition) is 3. The van der Waals surface area contributed by atoms with Crippen LogP contribution in [0.1, 0.15) is 33.9 Å². The summed E-state index contributed by atoms with van der Waals surface area (Å²) in [5.74, 6) is -1.54. The zero-order valence-corrected chi connectivity index (χ0v) is 12.5. The third-order valence-electron chi connectivity index (χ3n) is 3.39. The number of carboxylic acid groups (broad SMARTS) is 1. The molecule has 0 aliphatic heterocycles. The van der Waals surface area contributed by atoms with Crippen LogP contribution in [0.4, 0.5) is 14.5 Å². The first-order chi connectivity index (χ1) is 10.8. The number of nitrogens with one attached hydrogen (secondary N) is 1. The molecule has 2 rings (SSSR count). The first-order valence-corrected chi connectivity index (χ1v) is 6.75. The molecule has 1 aromatic carbocycles. The van der Waals surface area contributed by atoms with E-state index < -0.39 is 18.4 Å². The van der Waals surface area contributed by atoms with E-state index in [9.17, 15) is 18.4 Å². The number of aromatic carboxylic acids is 1. The van der Waals surface area contributed by atoms with Gasteiger partial charge in [-0.2, -0.15) is 13.9 Å². The Labute approximate surface area is 130 Å². The van der Waals surface area contributed by atoms with Crippen LogP contribution in [-0.4, -0.2) is 26.8 Å². The Morgan fingerprint density at radius 2 is 2.04 bits per heavy atom. The number of aromatic nitrogens is 2. The molecule has 23 heavy (non-hydrogen) atoms. The van der Waals surface area contributed by atoms with Crippen LogP contribution in [0.3, 0.4) is 0 Å². The number of amides is 1. The maximum Gasteiger partial charge on any atom is 0.335 e. The Morgan fingerprint density at radius 1 is 1.35 bits per heavy atom. The molecule has 0 spiro atoms. The number of benzene rings is 1. The summed E-state index contributed by atoms with van der Waals surface area (Å²) in [6.07, 6.45) is -0.123. The molecule has 0 saturated heterocycles. The molecular formula is C15H15F2N3O3. The van der Waals surface area contributed by atoms with Gasteiger partial charge in [-0.15, -0.1) is 0 Å². The van der Waals surface area contributed by atoms with Crippen molar-refractivity contribution in [3.05, 3.63) is 46.8 Å². The van der Waals surface area contributed by atoms with E-state index in [0.29, 0.717) is 21.6 Å². The average Bonchev–Trinajstić information content (AvgIpc) is 2.75. The molecule has 0 atom stereocenters. The maximum atomic E-state index is 12.8. The summed E-state index contributed by atoms with van der Waals surface area (Å²) in [4.78, 5) is 23.0. The Balaban J connectivity index is 2.14. The maximum absolute atomic E-state index is 12.8. The summed E-state index contributed by atoms with van der Waals surface area (Å²) >= 11 is 0. The van der Waals surface area contributed by atoms with Gasteiger partial charge in [-0.25, -0.2) is 9.48 Å². The molecule has 1 heterocycles. The van der Waals surface area contributed by atoms with Crippen LogP contribution < -0.4 is 5.32 Å². The normalized spacial score (nSPS) is 10.8. The van der Waals surface area contributed by atoms with Crippen molar-refractivity contribution < 1.29 is 23.5 Å². The zero-order valence-electron chi connectivity index (χ0n) is 12.5. The number of alkyl halides is 2. The molecule has 0 fully saturated rings. The van der Waals surface area contributed by atoms with Gasteiger partial charge in [-0.3, -0.25) is 4.79 Å². The molecule has 0 saturated carbocycles. The minimum absolute atomic E-state index is 0.0423. The summed E-state index contributed by atoms with van der Waals surface area (Å²) in [6, 6.07) is 5.78. The van der Waals surface area contributed by atoms with Gasteiger partial charge in [0, 0.05) is 16.9 Å². The molecule has 0 bridgehead atoms. The molecular weight excluding hydrogens is 308 g/mol. The summed E-state index contributed by atoms with van der Waals surface area (Å²) in [7, 11) is 0. The zero-order chi connectivity index (χ0) is 17.1. The predicted molar refractivity (Wildman–Crippen MR) is 78.7 cm³/mol. The predicted octanol–water partition coefficient (Wildman–Crippen LogP) is 2.77. The second-order valence-electron chi connectivity index (χ2n) is 4.98. The minimum Gasteiger partial charge on any atom is -0.478 e. The summed E-state index contributed by atoms with van der Waals surface area (Å²) < 4.78 is 26.1. The second-order valence-corrected chi connectivity index (χ2v) is 4.98. The molecule has 0 unspecified atom stereocenters. The summed E-state index contributed by atoms with van der Waals surface area (Å²) in [5, 5.41) is 15.2. The molecule has 8 heteroatoms. The number of hydrogen-bond donors (Lipinski definition) is 2.